The molecule has 4 heterocycles. The van der Waals surface area contributed by atoms with E-state index in [1.807, 2.05) is 6.92 Å². The first-order valence-corrected chi connectivity index (χ1v) is 12.2. The molecule has 178 valence electrons. The van der Waals surface area contributed by atoms with Crippen molar-refractivity contribution in [3.8, 4) is 0 Å². The summed E-state index contributed by atoms with van der Waals surface area (Å²) in [4.78, 5) is 37.4. The van der Waals surface area contributed by atoms with Gasteiger partial charge in [0.15, 0.2) is 5.58 Å². The van der Waals surface area contributed by atoms with Crippen molar-refractivity contribution < 1.29 is 14.0 Å². The van der Waals surface area contributed by atoms with Crippen molar-refractivity contribution in [1.82, 2.24) is 14.9 Å². The molecule has 0 aromatic carbocycles. The largest absolute Gasteiger partial charge is 0.447 e. The Morgan fingerprint density at radius 1 is 1.06 bits per heavy atom. The zero-order chi connectivity index (χ0) is 23.7. The summed E-state index contributed by atoms with van der Waals surface area (Å²) in [5.41, 5.74) is 2.10. The third-order valence-corrected chi connectivity index (χ3v) is 7.04. The number of likely N-dealkylation sites (tertiary alicyclic amines) is 1. The average molecular weight is 482 g/mol. The lowest BCUT2D eigenvalue weighted by molar-refractivity contribution is -0.121. The maximum Gasteiger partial charge on any atom is 0.294 e. The molecule has 2 amide bonds. The number of carbonyl (C=O) groups is 2. The predicted molar refractivity (Wildman–Crippen MR) is 131 cm³/mol. The molecule has 3 aromatic heterocycles. The Hall–Kier alpha value is -2.97. The summed E-state index contributed by atoms with van der Waals surface area (Å²) in [6.07, 6.45) is 9.42. The van der Waals surface area contributed by atoms with Gasteiger partial charge in [-0.1, -0.05) is 11.6 Å². The topological polar surface area (TPSA) is 100 Å². The van der Waals surface area contributed by atoms with Gasteiger partial charge in [-0.05, 0) is 82.3 Å². The highest BCUT2D eigenvalue weighted by Gasteiger charge is 2.32. The van der Waals surface area contributed by atoms with Crippen molar-refractivity contribution in [2.45, 2.75) is 51.5 Å². The highest BCUT2D eigenvalue weighted by Crippen LogP contribution is 2.34. The van der Waals surface area contributed by atoms with Crippen molar-refractivity contribution in [2.75, 3.05) is 23.7 Å². The standard InChI is InChI=1S/C25H28ClN5O3/c1-15-12-19-21(28-13-15)22(23(34-19)25(33)29-20-9-6-17(26)14-27-20)30-24(32)16-4-7-18(8-5-16)31-10-2-3-11-31/h6,9,12-14,16,18H,2-5,7-8,10-11H2,1H3,(H,30,32)(H,27,29,33). The molecule has 0 unspecified atom stereocenters. The Labute approximate surface area is 203 Å². The second-order valence-corrected chi connectivity index (χ2v) is 9.66. The molecule has 0 atom stereocenters. The number of furan rings is 1. The lowest BCUT2D eigenvalue weighted by Gasteiger charge is -2.33. The fraction of sp³-hybridized carbons (Fsp3) is 0.440. The molecular formula is C25H28ClN5O3. The van der Waals surface area contributed by atoms with Crippen LogP contribution in [0.25, 0.3) is 11.1 Å². The number of carbonyl (C=O) groups excluding carboxylic acids is 2. The number of aromatic nitrogens is 2. The van der Waals surface area contributed by atoms with Gasteiger partial charge in [0, 0.05) is 24.4 Å². The normalized spacial score (nSPS) is 21.0. The van der Waals surface area contributed by atoms with Crippen LogP contribution in [-0.2, 0) is 4.79 Å². The van der Waals surface area contributed by atoms with Crippen LogP contribution in [0, 0.1) is 12.8 Å². The van der Waals surface area contributed by atoms with E-state index in [9.17, 15) is 9.59 Å². The summed E-state index contributed by atoms with van der Waals surface area (Å²) in [5.74, 6) is -0.370. The quantitative estimate of drug-likeness (QED) is 0.530. The van der Waals surface area contributed by atoms with Crippen LogP contribution >= 0.6 is 11.6 Å². The smallest absolute Gasteiger partial charge is 0.294 e. The number of halogens is 1. The zero-order valence-electron chi connectivity index (χ0n) is 19.1. The molecule has 1 aliphatic heterocycles. The Bertz CT molecular complexity index is 1200. The zero-order valence-corrected chi connectivity index (χ0v) is 19.9. The number of aryl methyl sites for hydroxylation is 1. The lowest BCUT2D eigenvalue weighted by atomic mass is 9.85. The maximum atomic E-state index is 13.2. The number of pyridine rings is 2. The molecule has 1 saturated heterocycles. The minimum absolute atomic E-state index is 0.00366. The first kappa shape index (κ1) is 22.8. The molecule has 9 heteroatoms. The molecule has 2 fully saturated rings. The molecule has 5 rings (SSSR count). The van der Waals surface area contributed by atoms with Gasteiger partial charge in [-0.2, -0.15) is 0 Å². The summed E-state index contributed by atoms with van der Waals surface area (Å²) >= 11 is 5.88. The van der Waals surface area contributed by atoms with E-state index < -0.39 is 5.91 Å². The highest BCUT2D eigenvalue weighted by atomic mass is 35.5. The third-order valence-electron chi connectivity index (χ3n) is 6.81. The molecule has 1 aliphatic carbocycles. The van der Waals surface area contributed by atoms with Crippen LogP contribution in [0.3, 0.4) is 0 Å². The Balaban J connectivity index is 1.34. The molecule has 34 heavy (non-hydrogen) atoms. The number of amides is 2. The van der Waals surface area contributed by atoms with Gasteiger partial charge in [-0.25, -0.2) is 4.98 Å². The molecule has 2 aliphatic rings. The first-order chi connectivity index (χ1) is 16.5. The molecule has 2 N–H and O–H groups in total. The summed E-state index contributed by atoms with van der Waals surface area (Å²) in [7, 11) is 0. The van der Waals surface area contributed by atoms with Crippen LogP contribution in [0.15, 0.2) is 35.0 Å². The van der Waals surface area contributed by atoms with Crippen LogP contribution in [0.4, 0.5) is 11.5 Å². The molecular weight excluding hydrogens is 454 g/mol. The van der Waals surface area contributed by atoms with Crippen molar-refractivity contribution >= 4 is 46.0 Å². The average Bonchev–Trinajstić information content (AvgIpc) is 3.49. The van der Waals surface area contributed by atoms with Gasteiger partial charge >= 0.3 is 0 Å². The number of fused-ring (bicyclic) bond motifs is 1. The Kier molecular flexibility index (Phi) is 6.52. The van der Waals surface area contributed by atoms with Crippen LogP contribution in [-0.4, -0.2) is 45.8 Å². The summed E-state index contributed by atoms with van der Waals surface area (Å²) in [5, 5.41) is 6.14. The number of hydrogen-bond acceptors (Lipinski definition) is 6. The molecule has 1 saturated carbocycles. The first-order valence-electron chi connectivity index (χ1n) is 11.8. The van der Waals surface area contributed by atoms with E-state index in [4.69, 9.17) is 16.0 Å². The van der Waals surface area contributed by atoms with Gasteiger partial charge in [0.2, 0.25) is 11.7 Å². The fourth-order valence-corrected chi connectivity index (χ4v) is 5.12. The number of hydrogen-bond donors (Lipinski definition) is 2. The van der Waals surface area contributed by atoms with Gasteiger partial charge in [0.25, 0.3) is 5.91 Å². The van der Waals surface area contributed by atoms with Crippen molar-refractivity contribution in [3.05, 3.63) is 46.9 Å². The number of nitrogens with one attached hydrogen (secondary N) is 2. The number of anilines is 2. The predicted octanol–water partition coefficient (Wildman–Crippen LogP) is 5.03. The van der Waals surface area contributed by atoms with E-state index in [0.717, 1.165) is 31.2 Å². The number of rotatable bonds is 5. The van der Waals surface area contributed by atoms with E-state index in [2.05, 4.69) is 25.5 Å². The van der Waals surface area contributed by atoms with Gasteiger partial charge in [0.1, 0.15) is 17.0 Å². The van der Waals surface area contributed by atoms with Crippen LogP contribution in [0.5, 0.6) is 0 Å². The van der Waals surface area contributed by atoms with Crippen LogP contribution in [0.1, 0.15) is 54.6 Å². The van der Waals surface area contributed by atoms with E-state index >= 15 is 0 Å². The molecule has 8 nitrogen and oxygen atoms in total. The summed E-state index contributed by atoms with van der Waals surface area (Å²) in [6.45, 7) is 4.24. The second kappa shape index (κ2) is 9.72. The maximum absolute atomic E-state index is 13.2. The monoisotopic (exact) mass is 481 g/mol. The van der Waals surface area contributed by atoms with E-state index in [1.165, 1.54) is 32.1 Å². The molecule has 3 aromatic rings. The third kappa shape index (κ3) is 4.79. The van der Waals surface area contributed by atoms with Crippen molar-refractivity contribution in [3.63, 3.8) is 0 Å². The van der Waals surface area contributed by atoms with E-state index in [0.29, 0.717) is 33.7 Å². The fourth-order valence-electron chi connectivity index (χ4n) is 5.01. The summed E-state index contributed by atoms with van der Waals surface area (Å²) < 4.78 is 5.86. The van der Waals surface area contributed by atoms with Gasteiger partial charge in [0.05, 0.1) is 5.02 Å². The lowest BCUT2D eigenvalue weighted by Crippen LogP contribution is -2.38. The Morgan fingerprint density at radius 2 is 1.82 bits per heavy atom. The van der Waals surface area contributed by atoms with Crippen LogP contribution < -0.4 is 10.6 Å². The van der Waals surface area contributed by atoms with Crippen molar-refractivity contribution in [2.24, 2.45) is 5.92 Å². The Morgan fingerprint density at radius 3 is 2.53 bits per heavy atom. The number of nitrogens with zero attached hydrogens (tertiary/aromatic N) is 3. The van der Waals surface area contributed by atoms with Crippen molar-refractivity contribution in [1.29, 1.82) is 0 Å². The molecule has 0 bridgehead atoms. The SMILES string of the molecule is Cc1cnc2c(NC(=O)C3CCC(N4CCCC4)CC3)c(C(=O)Nc3ccc(Cl)cn3)oc2c1. The van der Waals surface area contributed by atoms with E-state index in [-0.39, 0.29) is 17.6 Å². The van der Waals surface area contributed by atoms with Gasteiger partial charge in [-0.15, -0.1) is 0 Å². The molecule has 0 spiro atoms. The van der Waals surface area contributed by atoms with Gasteiger partial charge in [-0.3, -0.25) is 14.6 Å². The second-order valence-electron chi connectivity index (χ2n) is 9.22. The minimum Gasteiger partial charge on any atom is -0.447 e. The van der Waals surface area contributed by atoms with Crippen LogP contribution in [0.2, 0.25) is 5.02 Å². The minimum atomic E-state index is -0.515. The molecule has 0 radical (unpaired) electrons. The van der Waals surface area contributed by atoms with Gasteiger partial charge < -0.3 is 20.0 Å². The summed E-state index contributed by atoms with van der Waals surface area (Å²) in [6, 6.07) is 5.62. The highest BCUT2D eigenvalue weighted by molar-refractivity contribution is 6.30. The van der Waals surface area contributed by atoms with E-state index in [1.54, 1.807) is 24.4 Å².